The van der Waals surface area contributed by atoms with Crippen LogP contribution in [0.1, 0.15) is 64.2 Å². The Bertz CT molecular complexity index is 233. The van der Waals surface area contributed by atoms with Crippen molar-refractivity contribution in [1.82, 2.24) is 0 Å². The molecule has 0 spiro atoms. The maximum Gasteiger partial charge on any atom is 0.303 e. The molecule has 0 aliphatic carbocycles. The number of hydrogen-bond acceptors (Lipinski definition) is 2. The van der Waals surface area contributed by atoms with Gasteiger partial charge in [-0.2, -0.15) is 0 Å². The van der Waals surface area contributed by atoms with Gasteiger partial charge in [-0.25, -0.2) is 0 Å². The lowest BCUT2D eigenvalue weighted by Crippen LogP contribution is -1.93. The molecule has 2 N–H and O–H groups in total. The van der Waals surface area contributed by atoms with Crippen LogP contribution in [0.25, 0.3) is 0 Å². The van der Waals surface area contributed by atoms with Crippen LogP contribution < -0.4 is 0 Å². The van der Waals surface area contributed by atoms with E-state index in [0.29, 0.717) is 0 Å². The maximum atomic E-state index is 10.3. The fourth-order valence-electron chi connectivity index (χ4n) is 1.67. The first-order valence-corrected chi connectivity index (χ1v) is 6.71. The summed E-state index contributed by atoms with van der Waals surface area (Å²) in [7, 11) is 0. The number of unbranched alkanes of at least 4 members (excludes halogenated alkanes) is 6. The van der Waals surface area contributed by atoms with E-state index in [2.05, 4.69) is 12.2 Å². The summed E-state index contributed by atoms with van der Waals surface area (Å²) in [4.78, 5) is 20.5. The van der Waals surface area contributed by atoms with Crippen LogP contribution in [0.15, 0.2) is 12.2 Å². The highest BCUT2D eigenvalue weighted by Crippen LogP contribution is 2.06. The number of allylic oxidation sites excluding steroid dienone is 2. The summed E-state index contributed by atoms with van der Waals surface area (Å²) in [5, 5.41) is 16.9. The van der Waals surface area contributed by atoms with E-state index < -0.39 is 11.9 Å². The molecular formula is C14H24O4. The third kappa shape index (κ3) is 14.7. The van der Waals surface area contributed by atoms with Crippen molar-refractivity contribution in [2.75, 3.05) is 0 Å². The van der Waals surface area contributed by atoms with Crippen LogP contribution >= 0.6 is 0 Å². The van der Waals surface area contributed by atoms with E-state index in [1.54, 1.807) is 0 Å². The molecule has 0 unspecified atom stereocenters. The largest absolute Gasteiger partial charge is 0.481 e. The lowest BCUT2D eigenvalue weighted by atomic mass is 10.1. The van der Waals surface area contributed by atoms with Gasteiger partial charge in [0, 0.05) is 12.8 Å². The fourth-order valence-corrected chi connectivity index (χ4v) is 1.67. The molecule has 0 atom stereocenters. The summed E-state index contributed by atoms with van der Waals surface area (Å²) in [6.07, 6.45) is 12.4. The summed E-state index contributed by atoms with van der Waals surface area (Å²) in [6, 6.07) is 0. The highest BCUT2D eigenvalue weighted by atomic mass is 16.4. The fraction of sp³-hybridized carbons (Fsp3) is 0.714. The van der Waals surface area contributed by atoms with E-state index in [1.807, 2.05) is 0 Å². The van der Waals surface area contributed by atoms with Crippen LogP contribution in [-0.2, 0) is 9.59 Å². The topological polar surface area (TPSA) is 74.6 Å². The normalized spacial score (nSPS) is 10.9. The summed E-state index contributed by atoms with van der Waals surface area (Å²) >= 11 is 0. The van der Waals surface area contributed by atoms with Crippen LogP contribution in [0, 0.1) is 0 Å². The summed E-state index contributed by atoms with van der Waals surface area (Å²) in [5.74, 6) is -1.43. The van der Waals surface area contributed by atoms with Gasteiger partial charge in [-0.15, -0.1) is 0 Å². The number of hydrogen-bond donors (Lipinski definition) is 2. The minimum Gasteiger partial charge on any atom is -0.481 e. The van der Waals surface area contributed by atoms with Gasteiger partial charge in [0.2, 0.25) is 0 Å². The van der Waals surface area contributed by atoms with Crippen molar-refractivity contribution in [3.05, 3.63) is 12.2 Å². The van der Waals surface area contributed by atoms with Crippen molar-refractivity contribution in [2.45, 2.75) is 64.2 Å². The zero-order valence-corrected chi connectivity index (χ0v) is 10.9. The third-order valence-electron chi connectivity index (χ3n) is 2.69. The number of aliphatic carboxylic acids is 2. The van der Waals surface area contributed by atoms with E-state index in [0.717, 1.165) is 51.4 Å². The van der Waals surface area contributed by atoms with Crippen LogP contribution in [0.5, 0.6) is 0 Å². The number of carbonyl (C=O) groups is 2. The van der Waals surface area contributed by atoms with Gasteiger partial charge in [-0.05, 0) is 38.5 Å². The van der Waals surface area contributed by atoms with Gasteiger partial charge >= 0.3 is 11.9 Å². The molecule has 0 saturated heterocycles. The molecule has 0 bridgehead atoms. The van der Waals surface area contributed by atoms with Gasteiger partial charge in [-0.3, -0.25) is 9.59 Å². The summed E-state index contributed by atoms with van der Waals surface area (Å²) in [5.41, 5.74) is 0. The molecular weight excluding hydrogens is 232 g/mol. The zero-order valence-electron chi connectivity index (χ0n) is 10.9. The quantitative estimate of drug-likeness (QED) is 0.413. The highest BCUT2D eigenvalue weighted by molar-refractivity contribution is 5.66. The van der Waals surface area contributed by atoms with Crippen molar-refractivity contribution in [1.29, 1.82) is 0 Å². The van der Waals surface area contributed by atoms with Gasteiger partial charge in [0.15, 0.2) is 0 Å². The molecule has 0 aliphatic heterocycles. The molecule has 0 fully saturated rings. The van der Waals surface area contributed by atoms with E-state index in [1.165, 1.54) is 0 Å². The Morgan fingerprint density at radius 2 is 1.06 bits per heavy atom. The Morgan fingerprint density at radius 3 is 1.39 bits per heavy atom. The SMILES string of the molecule is O=C(O)CCCCC/C=C\CCCCCC(=O)O. The molecule has 18 heavy (non-hydrogen) atoms. The summed E-state index contributed by atoms with van der Waals surface area (Å²) in [6.45, 7) is 0. The second-order valence-electron chi connectivity index (χ2n) is 4.46. The van der Waals surface area contributed by atoms with Crippen LogP contribution in [-0.4, -0.2) is 22.2 Å². The van der Waals surface area contributed by atoms with Crippen molar-refractivity contribution in [3.8, 4) is 0 Å². The Kier molecular flexibility index (Phi) is 11.3. The molecule has 0 rings (SSSR count). The van der Waals surface area contributed by atoms with Gasteiger partial charge in [0.1, 0.15) is 0 Å². The highest BCUT2D eigenvalue weighted by Gasteiger charge is 1.96. The van der Waals surface area contributed by atoms with Crippen molar-refractivity contribution < 1.29 is 19.8 Å². The van der Waals surface area contributed by atoms with E-state index in [-0.39, 0.29) is 12.8 Å². The van der Waals surface area contributed by atoms with Crippen LogP contribution in [0.3, 0.4) is 0 Å². The standard InChI is InChI=1S/C14H24O4/c15-13(16)11-9-7-5-3-1-2-4-6-8-10-12-14(17)18/h1-2H,3-12H2,(H,15,16)(H,17,18)/b2-1-. The Morgan fingerprint density at radius 1 is 0.667 bits per heavy atom. The second-order valence-corrected chi connectivity index (χ2v) is 4.46. The average Bonchev–Trinajstić information content (AvgIpc) is 2.29. The lowest BCUT2D eigenvalue weighted by molar-refractivity contribution is -0.138. The van der Waals surface area contributed by atoms with E-state index in [9.17, 15) is 9.59 Å². The van der Waals surface area contributed by atoms with Gasteiger partial charge in [0.05, 0.1) is 0 Å². The van der Waals surface area contributed by atoms with Crippen LogP contribution in [0.2, 0.25) is 0 Å². The van der Waals surface area contributed by atoms with Gasteiger partial charge < -0.3 is 10.2 Å². The first kappa shape index (κ1) is 16.7. The van der Waals surface area contributed by atoms with E-state index >= 15 is 0 Å². The van der Waals surface area contributed by atoms with Crippen molar-refractivity contribution in [2.24, 2.45) is 0 Å². The second kappa shape index (κ2) is 12.1. The zero-order chi connectivity index (χ0) is 13.6. The Hall–Kier alpha value is -1.32. The maximum absolute atomic E-state index is 10.3. The molecule has 0 aromatic heterocycles. The number of carboxylic acids is 2. The molecule has 0 heterocycles. The molecule has 0 amide bonds. The van der Waals surface area contributed by atoms with Gasteiger partial charge in [0.25, 0.3) is 0 Å². The van der Waals surface area contributed by atoms with Crippen LogP contribution in [0.4, 0.5) is 0 Å². The minimum atomic E-state index is -0.716. The van der Waals surface area contributed by atoms with Crippen molar-refractivity contribution >= 4 is 11.9 Å². The molecule has 0 radical (unpaired) electrons. The monoisotopic (exact) mass is 256 g/mol. The van der Waals surface area contributed by atoms with Crippen molar-refractivity contribution in [3.63, 3.8) is 0 Å². The number of rotatable bonds is 12. The number of carboxylic acid groups (broad SMARTS) is 2. The molecule has 0 aliphatic rings. The Balaban J connectivity index is 3.14. The summed E-state index contributed by atoms with van der Waals surface area (Å²) < 4.78 is 0. The smallest absolute Gasteiger partial charge is 0.303 e. The molecule has 104 valence electrons. The van der Waals surface area contributed by atoms with Gasteiger partial charge in [-0.1, -0.05) is 25.0 Å². The molecule has 0 aromatic carbocycles. The predicted molar refractivity (Wildman–Crippen MR) is 70.6 cm³/mol. The molecule has 4 heteroatoms. The average molecular weight is 256 g/mol. The predicted octanol–water partition coefficient (Wildman–Crippen LogP) is 3.61. The minimum absolute atomic E-state index is 0.271. The molecule has 4 nitrogen and oxygen atoms in total. The molecule has 0 saturated carbocycles. The Labute approximate surface area is 109 Å². The first-order valence-electron chi connectivity index (χ1n) is 6.71. The first-order chi connectivity index (χ1) is 8.63. The lowest BCUT2D eigenvalue weighted by Gasteiger charge is -1.96. The third-order valence-corrected chi connectivity index (χ3v) is 2.69. The molecule has 0 aromatic rings. The van der Waals surface area contributed by atoms with E-state index in [4.69, 9.17) is 10.2 Å².